The van der Waals surface area contributed by atoms with E-state index in [0.717, 1.165) is 17.4 Å². The van der Waals surface area contributed by atoms with E-state index < -0.39 is 4.92 Å². The minimum absolute atomic E-state index is 0.0414. The highest BCUT2D eigenvalue weighted by Gasteiger charge is 2.14. The molecule has 0 spiro atoms. The molecule has 132 valence electrons. The number of carbonyl (C=O) groups excluding carboxylic acids is 1. The van der Waals surface area contributed by atoms with E-state index in [2.05, 4.69) is 5.32 Å². The zero-order chi connectivity index (χ0) is 18.4. The SMILES string of the molecule is Cc1cc(Cl)ccc1OCCCNC(=O)c1ccc([N+](=O)[O-])cc1Cl. The van der Waals surface area contributed by atoms with Crippen molar-refractivity contribution in [1.82, 2.24) is 5.32 Å². The molecule has 0 bridgehead atoms. The molecule has 2 rings (SSSR count). The van der Waals surface area contributed by atoms with Gasteiger partial charge in [-0.3, -0.25) is 14.9 Å². The van der Waals surface area contributed by atoms with E-state index in [1.165, 1.54) is 12.1 Å². The Morgan fingerprint density at radius 2 is 2.00 bits per heavy atom. The molecule has 0 atom stereocenters. The molecular weight excluding hydrogens is 367 g/mol. The van der Waals surface area contributed by atoms with E-state index in [1.54, 1.807) is 12.1 Å². The van der Waals surface area contributed by atoms with Crippen LogP contribution in [0.1, 0.15) is 22.3 Å². The lowest BCUT2D eigenvalue weighted by Crippen LogP contribution is -2.25. The molecule has 8 heteroatoms. The van der Waals surface area contributed by atoms with Crippen molar-refractivity contribution < 1.29 is 14.5 Å². The summed E-state index contributed by atoms with van der Waals surface area (Å²) in [7, 11) is 0. The first-order chi connectivity index (χ1) is 11.9. The summed E-state index contributed by atoms with van der Waals surface area (Å²) in [5.74, 6) is 0.358. The molecule has 6 nitrogen and oxygen atoms in total. The number of halogens is 2. The lowest BCUT2D eigenvalue weighted by molar-refractivity contribution is -0.384. The smallest absolute Gasteiger partial charge is 0.270 e. The first-order valence-corrected chi connectivity index (χ1v) is 8.25. The highest BCUT2D eigenvalue weighted by Crippen LogP contribution is 2.23. The number of nitro groups is 1. The van der Waals surface area contributed by atoms with E-state index in [1.807, 2.05) is 13.0 Å². The Morgan fingerprint density at radius 3 is 2.64 bits per heavy atom. The van der Waals surface area contributed by atoms with Crippen LogP contribution >= 0.6 is 23.2 Å². The highest BCUT2D eigenvalue weighted by atomic mass is 35.5. The Kier molecular flexibility index (Phi) is 6.61. The molecule has 0 aliphatic carbocycles. The van der Waals surface area contributed by atoms with Gasteiger partial charge in [0.2, 0.25) is 0 Å². The molecule has 0 aliphatic rings. The van der Waals surface area contributed by atoms with Gasteiger partial charge in [-0.15, -0.1) is 0 Å². The van der Waals surface area contributed by atoms with Crippen LogP contribution in [-0.4, -0.2) is 24.0 Å². The third-order valence-corrected chi connectivity index (χ3v) is 3.96. The van der Waals surface area contributed by atoms with Gasteiger partial charge >= 0.3 is 0 Å². The number of nitrogens with zero attached hydrogens (tertiary/aromatic N) is 1. The molecule has 0 heterocycles. The van der Waals surface area contributed by atoms with Crippen LogP contribution in [0.15, 0.2) is 36.4 Å². The average Bonchev–Trinajstić information content (AvgIpc) is 2.55. The van der Waals surface area contributed by atoms with Gasteiger partial charge in [-0.2, -0.15) is 0 Å². The number of nitro benzene ring substituents is 1. The maximum absolute atomic E-state index is 12.1. The van der Waals surface area contributed by atoms with Crippen LogP contribution in [0.4, 0.5) is 5.69 Å². The molecule has 1 N–H and O–H groups in total. The van der Waals surface area contributed by atoms with Crippen LogP contribution in [-0.2, 0) is 0 Å². The van der Waals surface area contributed by atoms with Crippen molar-refractivity contribution in [1.29, 1.82) is 0 Å². The molecule has 0 aliphatic heterocycles. The van der Waals surface area contributed by atoms with Crippen LogP contribution in [0.3, 0.4) is 0 Å². The molecule has 2 aromatic rings. The van der Waals surface area contributed by atoms with Gasteiger partial charge < -0.3 is 10.1 Å². The minimum Gasteiger partial charge on any atom is -0.493 e. The van der Waals surface area contributed by atoms with Gasteiger partial charge in [-0.25, -0.2) is 0 Å². The maximum Gasteiger partial charge on any atom is 0.270 e. The molecule has 2 aromatic carbocycles. The number of hydrogen-bond donors (Lipinski definition) is 1. The lowest BCUT2D eigenvalue weighted by atomic mass is 10.2. The van der Waals surface area contributed by atoms with E-state index in [0.29, 0.717) is 24.6 Å². The molecule has 0 fully saturated rings. The summed E-state index contributed by atoms with van der Waals surface area (Å²) in [6.45, 7) is 2.72. The van der Waals surface area contributed by atoms with Gasteiger partial charge in [-0.05, 0) is 43.2 Å². The fourth-order valence-corrected chi connectivity index (χ4v) is 2.62. The fourth-order valence-electron chi connectivity index (χ4n) is 2.13. The second-order valence-electron chi connectivity index (χ2n) is 5.29. The first kappa shape index (κ1) is 19.0. The summed E-state index contributed by atoms with van der Waals surface area (Å²) >= 11 is 11.8. The standard InChI is InChI=1S/C17H16Cl2N2O4/c1-11-9-12(18)3-6-16(11)25-8-2-7-20-17(22)14-5-4-13(21(23)24)10-15(14)19/h3-6,9-10H,2,7-8H2,1H3,(H,20,22). The van der Waals surface area contributed by atoms with Gasteiger partial charge in [0.15, 0.2) is 0 Å². The molecule has 0 aromatic heterocycles. The predicted octanol–water partition coefficient (Wildman–Crippen LogP) is 4.41. The van der Waals surface area contributed by atoms with E-state index in [4.69, 9.17) is 27.9 Å². The normalized spacial score (nSPS) is 10.4. The van der Waals surface area contributed by atoms with Crippen LogP contribution in [0.2, 0.25) is 10.0 Å². The largest absolute Gasteiger partial charge is 0.493 e. The Bertz CT molecular complexity index is 796. The Balaban J connectivity index is 1.80. The lowest BCUT2D eigenvalue weighted by Gasteiger charge is -2.10. The number of non-ortho nitro benzene ring substituents is 1. The Hall–Kier alpha value is -2.31. The molecule has 0 unspecified atom stereocenters. The maximum atomic E-state index is 12.1. The zero-order valence-corrected chi connectivity index (χ0v) is 14.9. The summed E-state index contributed by atoms with van der Waals surface area (Å²) in [5.41, 5.74) is 0.976. The quantitative estimate of drug-likeness (QED) is 0.436. The van der Waals surface area contributed by atoms with Crippen molar-refractivity contribution in [2.75, 3.05) is 13.2 Å². The number of amides is 1. The number of carbonyl (C=O) groups is 1. The minimum atomic E-state index is -0.566. The molecule has 1 amide bonds. The monoisotopic (exact) mass is 382 g/mol. The number of ether oxygens (including phenoxy) is 1. The van der Waals surface area contributed by atoms with Crippen molar-refractivity contribution in [3.8, 4) is 5.75 Å². The van der Waals surface area contributed by atoms with Crippen molar-refractivity contribution in [2.24, 2.45) is 0 Å². The molecule has 0 saturated heterocycles. The van der Waals surface area contributed by atoms with E-state index >= 15 is 0 Å². The van der Waals surface area contributed by atoms with Crippen LogP contribution in [0.5, 0.6) is 5.75 Å². The van der Waals surface area contributed by atoms with E-state index in [9.17, 15) is 14.9 Å². The second kappa shape index (κ2) is 8.69. The number of hydrogen-bond acceptors (Lipinski definition) is 4. The summed E-state index contributed by atoms with van der Waals surface area (Å²) in [5, 5.41) is 14.1. The highest BCUT2D eigenvalue weighted by molar-refractivity contribution is 6.34. The topological polar surface area (TPSA) is 81.5 Å². The van der Waals surface area contributed by atoms with E-state index in [-0.39, 0.29) is 22.2 Å². The molecule has 0 radical (unpaired) electrons. The third kappa shape index (κ3) is 5.34. The first-order valence-electron chi connectivity index (χ1n) is 7.49. The Labute approximate surface area is 154 Å². The number of rotatable bonds is 7. The van der Waals surface area contributed by atoms with Crippen molar-refractivity contribution >= 4 is 34.8 Å². The third-order valence-electron chi connectivity index (χ3n) is 3.41. The molecule has 25 heavy (non-hydrogen) atoms. The summed E-state index contributed by atoms with van der Waals surface area (Å²) in [6, 6.07) is 9.10. The molecule has 0 saturated carbocycles. The van der Waals surface area contributed by atoms with Crippen molar-refractivity contribution in [2.45, 2.75) is 13.3 Å². The summed E-state index contributed by atoms with van der Waals surface area (Å²) in [6.07, 6.45) is 0.596. The second-order valence-corrected chi connectivity index (χ2v) is 6.13. The number of benzene rings is 2. The predicted molar refractivity (Wildman–Crippen MR) is 96.7 cm³/mol. The molecular formula is C17H16Cl2N2O4. The van der Waals surface area contributed by atoms with Crippen LogP contribution in [0, 0.1) is 17.0 Å². The van der Waals surface area contributed by atoms with Gasteiger partial charge in [0.1, 0.15) is 5.75 Å². The fraction of sp³-hybridized carbons (Fsp3) is 0.235. The zero-order valence-electron chi connectivity index (χ0n) is 13.4. The number of aryl methyl sites for hydroxylation is 1. The summed E-state index contributed by atoms with van der Waals surface area (Å²) < 4.78 is 5.63. The van der Waals surface area contributed by atoms with Gasteiger partial charge in [0.25, 0.3) is 11.6 Å². The average molecular weight is 383 g/mol. The van der Waals surface area contributed by atoms with Crippen LogP contribution < -0.4 is 10.1 Å². The van der Waals surface area contributed by atoms with Gasteiger partial charge in [0, 0.05) is 23.7 Å². The van der Waals surface area contributed by atoms with Crippen molar-refractivity contribution in [3.05, 3.63) is 67.7 Å². The Morgan fingerprint density at radius 1 is 1.24 bits per heavy atom. The summed E-state index contributed by atoms with van der Waals surface area (Å²) in [4.78, 5) is 22.1. The van der Waals surface area contributed by atoms with Crippen LogP contribution in [0.25, 0.3) is 0 Å². The number of nitrogens with one attached hydrogen (secondary N) is 1. The van der Waals surface area contributed by atoms with Gasteiger partial charge in [-0.1, -0.05) is 23.2 Å². The van der Waals surface area contributed by atoms with Crippen molar-refractivity contribution in [3.63, 3.8) is 0 Å². The van der Waals surface area contributed by atoms with Gasteiger partial charge in [0.05, 0.1) is 22.1 Å².